The molecule has 1 rings (SSSR count). The van der Waals surface area contributed by atoms with Crippen LogP contribution >= 0.6 is 12.2 Å². The fraction of sp³-hybridized carbons (Fsp3) is 0.222. The lowest BCUT2D eigenvalue weighted by Gasteiger charge is -2.12. The Morgan fingerprint density at radius 2 is 2.00 bits per heavy atom. The molecule has 0 aliphatic carbocycles. The smallest absolute Gasteiger partial charge is 0.261 e. The van der Waals surface area contributed by atoms with Crippen LogP contribution in [0.2, 0.25) is 0 Å². The van der Waals surface area contributed by atoms with Crippen molar-refractivity contribution < 1.29 is 17.9 Å². The molecule has 0 saturated carbocycles. The molecule has 0 aromatic heterocycles. The Balaban J connectivity index is 3.16. The number of methoxy groups -OCH3 is 2. The van der Waals surface area contributed by atoms with Crippen molar-refractivity contribution in [2.75, 3.05) is 14.2 Å². The quantitative estimate of drug-likeness (QED) is 0.507. The average Bonchev–Trinajstić information content (AvgIpc) is 2.35. The Morgan fingerprint density at radius 1 is 1.33 bits per heavy atom. The number of hydrazine groups is 1. The summed E-state index contributed by atoms with van der Waals surface area (Å²) in [5, 5.41) is -0.194. The van der Waals surface area contributed by atoms with Gasteiger partial charge in [-0.25, -0.2) is 8.42 Å². The number of hydrogen-bond donors (Lipinski definition) is 3. The molecule has 0 bridgehead atoms. The van der Waals surface area contributed by atoms with E-state index in [1.165, 1.54) is 26.4 Å². The maximum absolute atomic E-state index is 12.0. The summed E-state index contributed by atoms with van der Waals surface area (Å²) in [4.78, 5) is 1.93. The number of sulfonamides is 1. The Bertz CT molecular complexity index is 545. The summed E-state index contributed by atoms with van der Waals surface area (Å²) in [7, 11) is -1.07. The summed E-state index contributed by atoms with van der Waals surface area (Å²) in [5.74, 6) is 0.555. The van der Waals surface area contributed by atoms with E-state index in [1.807, 2.05) is 4.83 Å². The summed E-state index contributed by atoms with van der Waals surface area (Å²) >= 11 is 4.51. The standard InChI is InChI=1S/C9H13N3O4S2/c1-15-6-3-4-7(16-2)8(5-6)18(13,14)12-11-9(10)17/h3-5,12H,1-2H3,(H3,10,11,17). The molecular weight excluding hydrogens is 278 g/mol. The summed E-state index contributed by atoms with van der Waals surface area (Å²) in [5.41, 5.74) is 7.29. The van der Waals surface area contributed by atoms with Gasteiger partial charge in [0.15, 0.2) is 5.11 Å². The van der Waals surface area contributed by atoms with Crippen molar-refractivity contribution in [1.82, 2.24) is 10.3 Å². The second-order valence-electron chi connectivity index (χ2n) is 3.11. The minimum absolute atomic E-state index is 0.0897. The lowest BCUT2D eigenvalue weighted by atomic mass is 10.3. The molecule has 0 aliphatic rings. The van der Waals surface area contributed by atoms with Crippen LogP contribution in [0, 0.1) is 0 Å². The Labute approximate surface area is 110 Å². The van der Waals surface area contributed by atoms with Crippen LogP contribution < -0.4 is 25.5 Å². The van der Waals surface area contributed by atoms with Crippen LogP contribution in [-0.4, -0.2) is 27.7 Å². The number of rotatable bonds is 5. The number of nitrogens with two attached hydrogens (primary N) is 1. The van der Waals surface area contributed by atoms with E-state index in [9.17, 15) is 8.42 Å². The Hall–Kier alpha value is -1.58. The maximum atomic E-state index is 12.0. The van der Waals surface area contributed by atoms with Crippen LogP contribution in [-0.2, 0) is 10.0 Å². The van der Waals surface area contributed by atoms with Crippen molar-refractivity contribution in [3.63, 3.8) is 0 Å². The van der Waals surface area contributed by atoms with Crippen LogP contribution in [0.15, 0.2) is 23.1 Å². The summed E-state index contributed by atoms with van der Waals surface area (Å²) < 4.78 is 33.8. The molecule has 0 spiro atoms. The van der Waals surface area contributed by atoms with Gasteiger partial charge in [-0.3, -0.25) is 5.43 Å². The number of thiocarbonyl (C=S) groups is 1. The number of benzene rings is 1. The van der Waals surface area contributed by atoms with Crippen LogP contribution in [0.1, 0.15) is 0 Å². The first-order valence-electron chi connectivity index (χ1n) is 4.70. The van der Waals surface area contributed by atoms with Gasteiger partial charge in [-0.05, 0) is 24.4 Å². The van der Waals surface area contributed by atoms with Crippen molar-refractivity contribution in [3.8, 4) is 11.5 Å². The van der Waals surface area contributed by atoms with E-state index < -0.39 is 10.0 Å². The van der Waals surface area contributed by atoms with Crippen LogP contribution in [0.25, 0.3) is 0 Å². The van der Waals surface area contributed by atoms with Gasteiger partial charge in [0.1, 0.15) is 16.4 Å². The molecule has 0 aliphatic heterocycles. The van der Waals surface area contributed by atoms with Crippen molar-refractivity contribution in [2.24, 2.45) is 5.73 Å². The topological polar surface area (TPSA) is 103 Å². The molecule has 18 heavy (non-hydrogen) atoms. The molecule has 1 aromatic rings. The molecule has 1 aromatic carbocycles. The highest BCUT2D eigenvalue weighted by atomic mass is 32.2. The normalized spacial score (nSPS) is 10.8. The van der Waals surface area contributed by atoms with Gasteiger partial charge in [0.2, 0.25) is 0 Å². The first-order chi connectivity index (χ1) is 8.40. The second-order valence-corrected chi connectivity index (χ2v) is 5.20. The maximum Gasteiger partial charge on any atom is 0.261 e. The van der Waals surface area contributed by atoms with E-state index in [2.05, 4.69) is 17.6 Å². The van der Waals surface area contributed by atoms with Gasteiger partial charge in [0, 0.05) is 6.07 Å². The average molecular weight is 291 g/mol. The van der Waals surface area contributed by atoms with E-state index >= 15 is 0 Å². The summed E-state index contributed by atoms with van der Waals surface area (Å²) in [6.45, 7) is 0. The molecular formula is C9H13N3O4S2. The van der Waals surface area contributed by atoms with Gasteiger partial charge in [-0.2, -0.15) is 0 Å². The van der Waals surface area contributed by atoms with E-state index in [0.717, 1.165) is 0 Å². The zero-order chi connectivity index (χ0) is 13.8. The van der Waals surface area contributed by atoms with Gasteiger partial charge in [-0.1, -0.05) is 0 Å². The van der Waals surface area contributed by atoms with E-state index in [-0.39, 0.29) is 15.8 Å². The van der Waals surface area contributed by atoms with Gasteiger partial charge >= 0.3 is 0 Å². The molecule has 9 heteroatoms. The van der Waals surface area contributed by atoms with E-state index in [0.29, 0.717) is 5.75 Å². The largest absolute Gasteiger partial charge is 0.497 e. The fourth-order valence-corrected chi connectivity index (χ4v) is 2.32. The molecule has 0 amide bonds. The lowest BCUT2D eigenvalue weighted by molar-refractivity contribution is 0.392. The molecule has 7 nitrogen and oxygen atoms in total. The van der Waals surface area contributed by atoms with Gasteiger partial charge in [0.25, 0.3) is 10.0 Å². The number of nitrogens with one attached hydrogen (secondary N) is 2. The first-order valence-corrected chi connectivity index (χ1v) is 6.59. The molecule has 0 atom stereocenters. The minimum atomic E-state index is -3.86. The SMILES string of the molecule is COc1ccc(OC)c(S(=O)(=O)NNC(N)=S)c1. The molecule has 0 radical (unpaired) electrons. The first kappa shape index (κ1) is 14.5. The van der Waals surface area contributed by atoms with Gasteiger partial charge in [0.05, 0.1) is 14.2 Å². The fourth-order valence-electron chi connectivity index (χ4n) is 1.17. The van der Waals surface area contributed by atoms with Crippen LogP contribution in [0.4, 0.5) is 0 Å². The molecule has 0 heterocycles. The number of ether oxygens (including phenoxy) is 2. The predicted octanol–water partition coefficient (Wildman–Crippen LogP) is -0.270. The van der Waals surface area contributed by atoms with Crippen molar-refractivity contribution in [2.45, 2.75) is 4.90 Å². The molecule has 0 fully saturated rings. The van der Waals surface area contributed by atoms with Crippen LogP contribution in [0.5, 0.6) is 11.5 Å². The third-order valence-electron chi connectivity index (χ3n) is 1.97. The van der Waals surface area contributed by atoms with Crippen molar-refractivity contribution >= 4 is 27.4 Å². The zero-order valence-electron chi connectivity index (χ0n) is 9.76. The monoisotopic (exact) mass is 291 g/mol. The third-order valence-corrected chi connectivity index (χ3v) is 3.34. The zero-order valence-corrected chi connectivity index (χ0v) is 11.4. The minimum Gasteiger partial charge on any atom is -0.497 e. The highest BCUT2D eigenvalue weighted by molar-refractivity contribution is 7.89. The molecule has 100 valence electrons. The Kier molecular flexibility index (Phi) is 4.70. The summed E-state index contributed by atoms with van der Waals surface area (Å²) in [6.07, 6.45) is 0. The molecule has 4 N–H and O–H groups in total. The third kappa shape index (κ3) is 3.45. The van der Waals surface area contributed by atoms with Crippen molar-refractivity contribution in [3.05, 3.63) is 18.2 Å². The number of hydrogen-bond acceptors (Lipinski definition) is 5. The molecule has 0 saturated heterocycles. The second kappa shape index (κ2) is 5.85. The molecule has 0 unspecified atom stereocenters. The van der Waals surface area contributed by atoms with Gasteiger partial charge < -0.3 is 15.2 Å². The lowest BCUT2D eigenvalue weighted by Crippen LogP contribution is -2.44. The van der Waals surface area contributed by atoms with E-state index in [4.69, 9.17) is 15.2 Å². The van der Waals surface area contributed by atoms with Crippen molar-refractivity contribution in [1.29, 1.82) is 0 Å². The van der Waals surface area contributed by atoms with Crippen LogP contribution in [0.3, 0.4) is 0 Å². The van der Waals surface area contributed by atoms with Gasteiger partial charge in [-0.15, -0.1) is 4.83 Å². The highest BCUT2D eigenvalue weighted by Gasteiger charge is 2.20. The predicted molar refractivity (Wildman–Crippen MR) is 69.8 cm³/mol. The summed E-state index contributed by atoms with van der Waals surface area (Å²) in [6, 6.07) is 4.38. The Morgan fingerprint density at radius 3 is 2.50 bits per heavy atom. The van der Waals surface area contributed by atoms with E-state index in [1.54, 1.807) is 6.07 Å². The highest BCUT2D eigenvalue weighted by Crippen LogP contribution is 2.27.